The molecular weight excluding hydrogens is 488 g/mol. The molecule has 10 heteroatoms. The van der Waals surface area contributed by atoms with Crippen LogP contribution in [0.25, 0.3) is 0 Å². The number of anilines is 2. The Bertz CT molecular complexity index is 1350. The molecule has 0 spiro atoms. The number of amides is 2. The molecule has 3 atom stereocenters. The lowest BCUT2D eigenvalue weighted by molar-refractivity contribution is -0.126. The average Bonchev–Trinajstić information content (AvgIpc) is 3.39. The van der Waals surface area contributed by atoms with Crippen molar-refractivity contribution in [3.63, 3.8) is 0 Å². The molecule has 0 bridgehead atoms. The van der Waals surface area contributed by atoms with Crippen molar-refractivity contribution in [2.45, 2.75) is 12.1 Å². The first kappa shape index (κ1) is 23.7. The van der Waals surface area contributed by atoms with E-state index in [2.05, 4.69) is 0 Å². The second-order valence-electron chi connectivity index (χ2n) is 8.22. The van der Waals surface area contributed by atoms with E-state index < -0.39 is 35.8 Å². The summed E-state index contributed by atoms with van der Waals surface area (Å²) < 4.78 is 10.7. The molecule has 0 aromatic heterocycles. The summed E-state index contributed by atoms with van der Waals surface area (Å²) in [6, 6.07) is 17.3. The van der Waals surface area contributed by atoms with Gasteiger partial charge in [0, 0.05) is 5.02 Å². The summed E-state index contributed by atoms with van der Waals surface area (Å²) in [5, 5.41) is 12.0. The van der Waals surface area contributed by atoms with Gasteiger partial charge in [-0.25, -0.2) is 14.8 Å². The third-order valence-corrected chi connectivity index (χ3v) is 6.57. The quantitative estimate of drug-likeness (QED) is 0.496. The highest BCUT2D eigenvalue weighted by Gasteiger charge is 2.61. The van der Waals surface area contributed by atoms with E-state index in [1.54, 1.807) is 60.7 Å². The van der Waals surface area contributed by atoms with Crippen molar-refractivity contribution in [2.24, 2.45) is 5.92 Å². The maximum atomic E-state index is 13.8. The minimum Gasteiger partial charge on any atom is -0.493 e. The molecule has 0 saturated carbocycles. The molecule has 2 aliphatic heterocycles. The molecule has 0 radical (unpaired) electrons. The number of aromatic carboxylic acids is 1. The van der Waals surface area contributed by atoms with Crippen molar-refractivity contribution in [2.75, 3.05) is 24.2 Å². The van der Waals surface area contributed by atoms with Crippen LogP contribution < -0.4 is 19.4 Å². The lowest BCUT2D eigenvalue weighted by atomic mass is 9.87. The molecule has 2 saturated heterocycles. The summed E-state index contributed by atoms with van der Waals surface area (Å²) in [7, 11) is 2.74. The van der Waals surface area contributed by atoms with E-state index >= 15 is 0 Å². The van der Waals surface area contributed by atoms with Crippen LogP contribution in [0.2, 0.25) is 5.02 Å². The van der Waals surface area contributed by atoms with Crippen molar-refractivity contribution < 1.29 is 33.8 Å². The highest BCUT2D eigenvalue weighted by atomic mass is 35.5. The van der Waals surface area contributed by atoms with Gasteiger partial charge in [-0.05, 0) is 48.0 Å². The number of hydrogen-bond acceptors (Lipinski definition) is 7. The fourth-order valence-electron chi connectivity index (χ4n) is 4.78. The Morgan fingerprint density at radius 1 is 0.917 bits per heavy atom. The molecule has 0 unspecified atom stereocenters. The monoisotopic (exact) mass is 508 g/mol. The number of hydroxylamine groups is 1. The number of halogens is 1. The lowest BCUT2D eigenvalue weighted by Crippen LogP contribution is -2.37. The van der Waals surface area contributed by atoms with E-state index in [1.807, 2.05) is 6.07 Å². The van der Waals surface area contributed by atoms with Crippen LogP contribution in [0.5, 0.6) is 11.5 Å². The molecule has 2 aliphatic rings. The maximum Gasteiger partial charge on any atom is 0.339 e. The SMILES string of the molecule is COc1ccc([C@H]2[C@H]3C(=O)N(c4ccc(Cl)cc4)C(=O)[C@@H]3ON2c2ccccc2)c(C(=O)O)c1OC. The number of carbonyl (C=O) groups excluding carboxylic acids is 2. The van der Waals surface area contributed by atoms with Crippen LogP contribution in [0.1, 0.15) is 22.0 Å². The molecule has 3 aromatic rings. The Hall–Kier alpha value is -4.08. The van der Waals surface area contributed by atoms with Gasteiger partial charge < -0.3 is 14.6 Å². The van der Waals surface area contributed by atoms with Crippen molar-refractivity contribution in [1.29, 1.82) is 0 Å². The number of nitrogens with zero attached hydrogens (tertiary/aromatic N) is 2. The van der Waals surface area contributed by atoms with Gasteiger partial charge in [-0.2, -0.15) is 0 Å². The maximum absolute atomic E-state index is 13.8. The van der Waals surface area contributed by atoms with Crippen LogP contribution >= 0.6 is 11.6 Å². The molecule has 1 N–H and O–H groups in total. The Morgan fingerprint density at radius 3 is 2.22 bits per heavy atom. The van der Waals surface area contributed by atoms with Gasteiger partial charge in [0.1, 0.15) is 11.5 Å². The molecule has 2 heterocycles. The van der Waals surface area contributed by atoms with Crippen molar-refractivity contribution in [3.8, 4) is 11.5 Å². The van der Waals surface area contributed by atoms with Gasteiger partial charge in [0.15, 0.2) is 17.6 Å². The zero-order chi connectivity index (χ0) is 25.6. The van der Waals surface area contributed by atoms with Crippen molar-refractivity contribution >= 4 is 40.8 Å². The Morgan fingerprint density at radius 2 is 1.61 bits per heavy atom. The van der Waals surface area contributed by atoms with Crippen LogP contribution in [-0.4, -0.2) is 43.2 Å². The predicted octanol–water partition coefficient (Wildman–Crippen LogP) is 4.11. The number of rotatable bonds is 6. The Balaban J connectivity index is 1.68. The summed E-state index contributed by atoms with van der Waals surface area (Å²) in [6.45, 7) is 0. The van der Waals surface area contributed by atoms with Gasteiger partial charge >= 0.3 is 5.97 Å². The molecular formula is C26H21ClN2O7. The second-order valence-corrected chi connectivity index (χ2v) is 8.65. The van der Waals surface area contributed by atoms with Gasteiger partial charge in [0.2, 0.25) is 5.91 Å². The largest absolute Gasteiger partial charge is 0.493 e. The molecule has 36 heavy (non-hydrogen) atoms. The second kappa shape index (κ2) is 9.18. The number of para-hydroxylation sites is 1. The first-order chi connectivity index (χ1) is 17.4. The minimum atomic E-state index is -1.27. The summed E-state index contributed by atoms with van der Waals surface area (Å²) in [4.78, 5) is 46.8. The topological polar surface area (TPSA) is 106 Å². The van der Waals surface area contributed by atoms with Crippen LogP contribution in [0.4, 0.5) is 11.4 Å². The van der Waals surface area contributed by atoms with Gasteiger partial charge in [-0.1, -0.05) is 35.9 Å². The molecule has 2 fully saturated rings. The molecule has 9 nitrogen and oxygen atoms in total. The third-order valence-electron chi connectivity index (χ3n) is 6.32. The van der Waals surface area contributed by atoms with E-state index in [9.17, 15) is 19.5 Å². The number of ether oxygens (including phenoxy) is 2. The van der Waals surface area contributed by atoms with Crippen LogP contribution in [0, 0.1) is 5.92 Å². The number of carbonyl (C=O) groups is 3. The van der Waals surface area contributed by atoms with E-state index in [-0.39, 0.29) is 22.6 Å². The summed E-state index contributed by atoms with van der Waals surface area (Å²) in [5.41, 5.74) is 0.970. The number of fused-ring (bicyclic) bond motifs is 1. The number of imide groups is 1. The van der Waals surface area contributed by atoms with Gasteiger partial charge in [-0.3, -0.25) is 14.4 Å². The van der Waals surface area contributed by atoms with Gasteiger partial charge in [0.25, 0.3) is 5.91 Å². The van der Waals surface area contributed by atoms with E-state index in [0.29, 0.717) is 16.4 Å². The number of carboxylic acids is 1. The number of carboxylic acid groups (broad SMARTS) is 1. The van der Waals surface area contributed by atoms with Crippen molar-refractivity contribution in [1.82, 2.24) is 0 Å². The number of methoxy groups -OCH3 is 2. The van der Waals surface area contributed by atoms with Crippen LogP contribution in [-0.2, 0) is 14.4 Å². The average molecular weight is 509 g/mol. The minimum absolute atomic E-state index is 0.00490. The highest BCUT2D eigenvalue weighted by molar-refractivity contribution is 6.31. The van der Waals surface area contributed by atoms with Crippen LogP contribution in [0.3, 0.4) is 0 Å². The van der Waals surface area contributed by atoms with E-state index in [4.69, 9.17) is 25.9 Å². The summed E-state index contributed by atoms with van der Waals surface area (Å²) in [5.74, 6) is -3.13. The predicted molar refractivity (Wildman–Crippen MR) is 130 cm³/mol. The first-order valence-corrected chi connectivity index (χ1v) is 11.4. The zero-order valence-corrected chi connectivity index (χ0v) is 20.0. The fraction of sp³-hybridized carbons (Fsp3) is 0.192. The first-order valence-electron chi connectivity index (χ1n) is 11.0. The van der Waals surface area contributed by atoms with Gasteiger partial charge in [-0.15, -0.1) is 0 Å². The molecule has 5 rings (SSSR count). The lowest BCUT2D eigenvalue weighted by Gasteiger charge is -2.30. The smallest absolute Gasteiger partial charge is 0.339 e. The Labute approximate surface area is 211 Å². The van der Waals surface area contributed by atoms with E-state index in [1.165, 1.54) is 19.3 Å². The zero-order valence-electron chi connectivity index (χ0n) is 19.3. The third kappa shape index (κ3) is 3.64. The molecule has 2 amide bonds. The van der Waals surface area contributed by atoms with Crippen LogP contribution in [0.15, 0.2) is 66.7 Å². The molecule has 0 aliphatic carbocycles. The summed E-state index contributed by atoms with van der Waals surface area (Å²) >= 11 is 5.98. The fourth-order valence-corrected chi connectivity index (χ4v) is 4.91. The van der Waals surface area contributed by atoms with E-state index in [0.717, 1.165) is 4.90 Å². The number of benzene rings is 3. The molecule has 3 aromatic carbocycles. The Kier molecular flexibility index (Phi) is 6.03. The van der Waals surface area contributed by atoms with Crippen molar-refractivity contribution in [3.05, 3.63) is 82.9 Å². The number of hydrogen-bond donors (Lipinski definition) is 1. The standard InChI is InChI=1S/C26H21ClN2O7/c1-34-18-13-12-17(19(26(32)33)22(18)35-2)21-20-23(36-29(21)16-6-4-3-5-7-16)25(31)28(24(20)30)15-10-8-14(27)9-11-15/h3-13,20-21,23H,1-2H3,(H,32,33)/t20-,21+,23-/m1/s1. The molecule has 184 valence electrons. The normalized spacial score (nSPS) is 21.0. The van der Waals surface area contributed by atoms with Gasteiger partial charge in [0.05, 0.1) is 31.6 Å². The summed E-state index contributed by atoms with van der Waals surface area (Å²) in [6.07, 6.45) is -1.16. The highest BCUT2D eigenvalue weighted by Crippen LogP contribution is 2.50.